The number of aromatic nitrogens is 1. The molecule has 0 radical (unpaired) electrons. The van der Waals surface area contributed by atoms with Gasteiger partial charge in [-0.1, -0.05) is 65.7 Å². The van der Waals surface area contributed by atoms with Gasteiger partial charge in [0.05, 0.1) is 12.1 Å². The number of azo groups is 1. The van der Waals surface area contributed by atoms with Crippen LogP contribution < -0.4 is 5.32 Å². The third kappa shape index (κ3) is 4.38. The van der Waals surface area contributed by atoms with Crippen LogP contribution in [0.4, 0.5) is 11.4 Å². The fraction of sp³-hybridized carbons (Fsp3) is 0.160. The van der Waals surface area contributed by atoms with Gasteiger partial charge < -0.3 is 15.0 Å². The summed E-state index contributed by atoms with van der Waals surface area (Å²) in [6.45, 7) is 6.52. The Morgan fingerprint density at radius 1 is 1.03 bits per heavy atom. The minimum absolute atomic E-state index is 0.0142. The number of hydrogen-bond acceptors (Lipinski definition) is 3. The molecule has 0 amide bonds. The minimum atomic E-state index is 0.0142. The summed E-state index contributed by atoms with van der Waals surface area (Å²) in [6.07, 6.45) is 0. The van der Waals surface area contributed by atoms with E-state index in [1.807, 2.05) is 62.4 Å². The molecule has 0 bridgehead atoms. The number of aryl methyl sites for hydroxylation is 3. The highest BCUT2D eigenvalue weighted by Gasteiger charge is 2.17. The van der Waals surface area contributed by atoms with Gasteiger partial charge in [0.2, 0.25) is 11.0 Å². The fourth-order valence-corrected chi connectivity index (χ4v) is 4.27. The second-order valence-electron chi connectivity index (χ2n) is 7.77. The molecule has 3 aromatic carbocycles. The summed E-state index contributed by atoms with van der Waals surface area (Å²) in [6, 6.07) is 19.4. The van der Waals surface area contributed by atoms with Crippen molar-refractivity contribution in [2.24, 2.45) is 10.2 Å². The molecule has 2 N–H and O–H groups in total. The average Bonchev–Trinajstić information content (AvgIpc) is 3.02. The summed E-state index contributed by atoms with van der Waals surface area (Å²) in [5.41, 5.74) is 6.38. The van der Waals surface area contributed by atoms with Crippen molar-refractivity contribution in [3.63, 3.8) is 0 Å². The number of hydrogen-bond donors (Lipinski definition) is 2. The molecular formula is C25H23ClN4OS. The molecule has 0 spiro atoms. The number of rotatable bonds is 4. The first kappa shape index (κ1) is 22.0. The lowest BCUT2D eigenvalue weighted by Gasteiger charge is -2.12. The van der Waals surface area contributed by atoms with Crippen LogP contribution in [0.1, 0.15) is 22.3 Å². The van der Waals surface area contributed by atoms with Crippen LogP contribution in [0.2, 0.25) is 5.02 Å². The minimum Gasteiger partial charge on any atom is -0.493 e. The lowest BCUT2D eigenvalue weighted by Crippen LogP contribution is -2.08. The summed E-state index contributed by atoms with van der Waals surface area (Å²) in [5.74, 6) is 0.0142. The van der Waals surface area contributed by atoms with Crippen molar-refractivity contribution < 1.29 is 5.11 Å². The van der Waals surface area contributed by atoms with Gasteiger partial charge in [0.25, 0.3) is 0 Å². The van der Waals surface area contributed by atoms with Crippen molar-refractivity contribution in [3.8, 4) is 5.88 Å². The lowest BCUT2D eigenvalue weighted by atomic mass is 10.1. The predicted molar refractivity (Wildman–Crippen MR) is 136 cm³/mol. The Labute approximate surface area is 197 Å². The van der Waals surface area contributed by atoms with Crippen LogP contribution in [0, 0.1) is 20.8 Å². The number of aromatic hydroxyl groups is 1. The maximum absolute atomic E-state index is 11.0. The SMILES string of the molecule is Cc1cc(C)c(NC(=S)N=Nc2c(O)n(Cc3ccccc3Cl)c3ccccc23)c(C)c1. The summed E-state index contributed by atoms with van der Waals surface area (Å²) in [5, 5.41) is 24.3. The van der Waals surface area contributed by atoms with E-state index in [1.165, 1.54) is 5.56 Å². The zero-order valence-corrected chi connectivity index (χ0v) is 19.6. The van der Waals surface area contributed by atoms with E-state index in [0.29, 0.717) is 17.3 Å². The van der Waals surface area contributed by atoms with E-state index in [0.717, 1.165) is 33.3 Å². The number of nitrogens with one attached hydrogen (secondary N) is 1. The van der Waals surface area contributed by atoms with Crippen LogP contribution in [-0.4, -0.2) is 14.8 Å². The molecule has 1 heterocycles. The van der Waals surface area contributed by atoms with Crippen molar-refractivity contribution in [1.29, 1.82) is 0 Å². The van der Waals surface area contributed by atoms with Gasteiger partial charge in [0.1, 0.15) is 0 Å². The van der Waals surface area contributed by atoms with E-state index in [4.69, 9.17) is 23.8 Å². The fourth-order valence-electron chi connectivity index (χ4n) is 3.93. The molecular weight excluding hydrogens is 440 g/mol. The van der Waals surface area contributed by atoms with Crippen LogP contribution in [0.15, 0.2) is 70.9 Å². The van der Waals surface area contributed by atoms with Gasteiger partial charge in [-0.25, -0.2) is 0 Å². The smallest absolute Gasteiger partial charge is 0.221 e. The molecule has 4 rings (SSSR count). The third-order valence-corrected chi connectivity index (χ3v) is 5.91. The van der Waals surface area contributed by atoms with Crippen molar-refractivity contribution in [1.82, 2.24) is 4.57 Å². The Hall–Kier alpha value is -3.22. The van der Waals surface area contributed by atoms with Gasteiger partial charge in [-0.2, -0.15) is 0 Å². The molecule has 1 aromatic heterocycles. The predicted octanol–water partition coefficient (Wildman–Crippen LogP) is 7.45. The summed E-state index contributed by atoms with van der Waals surface area (Å²) in [4.78, 5) is 0. The average molecular weight is 463 g/mol. The van der Waals surface area contributed by atoms with Crippen molar-refractivity contribution >= 4 is 51.2 Å². The topological polar surface area (TPSA) is 61.9 Å². The molecule has 0 saturated heterocycles. The highest BCUT2D eigenvalue weighted by atomic mass is 35.5. The molecule has 7 heteroatoms. The van der Waals surface area contributed by atoms with Crippen LogP contribution >= 0.6 is 23.8 Å². The maximum atomic E-state index is 11.0. The molecule has 0 atom stereocenters. The van der Waals surface area contributed by atoms with Gasteiger partial charge >= 0.3 is 0 Å². The van der Waals surface area contributed by atoms with Crippen molar-refractivity contribution in [2.45, 2.75) is 27.3 Å². The monoisotopic (exact) mass is 462 g/mol. The van der Waals surface area contributed by atoms with Crippen molar-refractivity contribution in [3.05, 3.63) is 87.9 Å². The molecule has 0 aliphatic rings. The summed E-state index contributed by atoms with van der Waals surface area (Å²) >= 11 is 11.7. The number of benzene rings is 3. The Bertz CT molecular complexity index is 1340. The van der Waals surface area contributed by atoms with E-state index in [1.54, 1.807) is 4.57 Å². The van der Waals surface area contributed by atoms with E-state index in [2.05, 4.69) is 34.6 Å². The molecule has 0 aliphatic carbocycles. The summed E-state index contributed by atoms with van der Waals surface area (Å²) < 4.78 is 1.77. The van der Waals surface area contributed by atoms with E-state index >= 15 is 0 Å². The molecule has 0 aliphatic heterocycles. The van der Waals surface area contributed by atoms with Gasteiger partial charge in [-0.05, 0) is 61.8 Å². The Morgan fingerprint density at radius 3 is 2.41 bits per heavy atom. The van der Waals surface area contributed by atoms with Gasteiger partial charge in [-0.15, -0.1) is 10.2 Å². The molecule has 32 heavy (non-hydrogen) atoms. The largest absolute Gasteiger partial charge is 0.493 e. The van der Waals surface area contributed by atoms with Crippen molar-refractivity contribution in [2.75, 3.05) is 5.32 Å². The van der Waals surface area contributed by atoms with Gasteiger partial charge in [0, 0.05) is 16.1 Å². The molecule has 0 unspecified atom stereocenters. The van der Waals surface area contributed by atoms with Gasteiger partial charge in [-0.3, -0.25) is 0 Å². The van der Waals surface area contributed by atoms with E-state index in [-0.39, 0.29) is 11.0 Å². The first-order valence-electron chi connectivity index (χ1n) is 10.2. The molecule has 162 valence electrons. The quantitative estimate of drug-likeness (QED) is 0.244. The van der Waals surface area contributed by atoms with E-state index in [9.17, 15) is 5.11 Å². The third-order valence-electron chi connectivity index (χ3n) is 5.35. The highest BCUT2D eigenvalue weighted by molar-refractivity contribution is 7.80. The summed E-state index contributed by atoms with van der Waals surface area (Å²) in [7, 11) is 0. The number of para-hydroxylation sites is 1. The van der Waals surface area contributed by atoms with Gasteiger partial charge in [0.15, 0.2) is 5.69 Å². The Morgan fingerprint density at radius 2 is 1.69 bits per heavy atom. The van der Waals surface area contributed by atoms with Crippen LogP contribution in [0.3, 0.4) is 0 Å². The van der Waals surface area contributed by atoms with E-state index < -0.39 is 0 Å². The molecule has 4 aromatic rings. The second kappa shape index (κ2) is 9.10. The maximum Gasteiger partial charge on any atom is 0.221 e. The number of anilines is 1. The lowest BCUT2D eigenvalue weighted by molar-refractivity contribution is 0.429. The first-order chi connectivity index (χ1) is 15.3. The Kier molecular flexibility index (Phi) is 6.26. The zero-order chi connectivity index (χ0) is 22.8. The van der Waals surface area contributed by atoms with Crippen LogP contribution in [0.5, 0.6) is 5.88 Å². The number of nitrogens with zero attached hydrogens (tertiary/aromatic N) is 3. The second-order valence-corrected chi connectivity index (χ2v) is 8.56. The Balaban J connectivity index is 1.66. The standard InChI is InChI=1S/C25H23ClN4OS/c1-15-12-16(2)22(17(3)13-15)27-25(32)29-28-23-19-9-5-7-11-21(19)30(24(23)31)14-18-8-4-6-10-20(18)26/h4-13,31H,14H2,1-3H3,(H,27,32). The molecule has 0 saturated carbocycles. The highest BCUT2D eigenvalue weighted by Crippen LogP contribution is 2.39. The normalized spacial score (nSPS) is 11.4. The zero-order valence-electron chi connectivity index (χ0n) is 18.1. The van der Waals surface area contributed by atoms with Crippen LogP contribution in [-0.2, 0) is 6.54 Å². The number of fused-ring (bicyclic) bond motifs is 1. The molecule has 0 fully saturated rings. The van der Waals surface area contributed by atoms with Crippen LogP contribution in [0.25, 0.3) is 10.9 Å². The number of halogens is 1. The number of thiocarbonyl (C=S) groups is 1. The first-order valence-corrected chi connectivity index (χ1v) is 11.0. The molecule has 5 nitrogen and oxygen atoms in total.